The quantitative estimate of drug-likeness (QED) is 0.396. The molecular formula is C26H26F3N5O4. The summed E-state index contributed by atoms with van der Waals surface area (Å²) >= 11 is 0. The first-order valence-electron chi connectivity index (χ1n) is 11.8. The average molecular weight is 530 g/mol. The van der Waals surface area contributed by atoms with Crippen LogP contribution in [0.3, 0.4) is 0 Å². The number of halogens is 3. The van der Waals surface area contributed by atoms with Gasteiger partial charge in [0.25, 0.3) is 5.91 Å². The number of fused-ring (bicyclic) bond motifs is 3. The molecule has 12 heteroatoms. The molecule has 3 aromatic heterocycles. The molecule has 38 heavy (non-hydrogen) atoms. The molecule has 2 N–H and O–H groups in total. The highest BCUT2D eigenvalue weighted by atomic mass is 19.4. The highest BCUT2D eigenvalue weighted by Crippen LogP contribution is 2.37. The van der Waals surface area contributed by atoms with Crippen LogP contribution in [0.25, 0.3) is 21.9 Å². The van der Waals surface area contributed by atoms with E-state index in [9.17, 15) is 22.8 Å². The van der Waals surface area contributed by atoms with Crippen LogP contribution in [-0.2, 0) is 17.9 Å². The van der Waals surface area contributed by atoms with Crippen molar-refractivity contribution in [2.75, 3.05) is 14.1 Å². The van der Waals surface area contributed by atoms with Crippen LogP contribution >= 0.6 is 0 Å². The first-order chi connectivity index (χ1) is 18.0. The first-order valence-corrected chi connectivity index (χ1v) is 11.8. The van der Waals surface area contributed by atoms with Gasteiger partial charge in [0.1, 0.15) is 5.69 Å². The Bertz CT molecular complexity index is 1490. The minimum Gasteiger partial charge on any atom is -0.475 e. The molecule has 1 aliphatic rings. The summed E-state index contributed by atoms with van der Waals surface area (Å²) in [5, 5.41) is 11.1. The molecule has 200 valence electrons. The maximum atomic E-state index is 13.2. The molecule has 4 aromatic rings. The SMILES string of the molecule is CN(C)C(=O)n1c(C(=O)NCc2cccnc2)cc2c1c1ccccc1n2CC1CC1.O=C(O)C(F)(F)F. The van der Waals surface area contributed by atoms with E-state index in [1.165, 1.54) is 17.7 Å². The summed E-state index contributed by atoms with van der Waals surface area (Å²) in [5.41, 5.74) is 4.07. The van der Waals surface area contributed by atoms with Gasteiger partial charge in [-0.15, -0.1) is 0 Å². The number of hydrogen-bond acceptors (Lipinski definition) is 4. The fraction of sp³-hybridized carbons (Fsp3) is 0.308. The lowest BCUT2D eigenvalue weighted by atomic mass is 10.2. The van der Waals surface area contributed by atoms with E-state index < -0.39 is 12.1 Å². The molecule has 0 atom stereocenters. The molecule has 1 saturated carbocycles. The minimum atomic E-state index is -5.08. The molecule has 0 radical (unpaired) electrons. The van der Waals surface area contributed by atoms with Crippen LogP contribution in [-0.4, -0.2) is 62.3 Å². The molecule has 1 fully saturated rings. The van der Waals surface area contributed by atoms with E-state index in [2.05, 4.69) is 20.9 Å². The summed E-state index contributed by atoms with van der Waals surface area (Å²) in [6.45, 7) is 1.25. The molecule has 1 aliphatic carbocycles. The second-order valence-corrected chi connectivity index (χ2v) is 9.19. The van der Waals surface area contributed by atoms with Crippen molar-refractivity contribution in [3.63, 3.8) is 0 Å². The lowest BCUT2D eigenvalue weighted by Gasteiger charge is -2.15. The van der Waals surface area contributed by atoms with Crippen molar-refractivity contribution in [1.82, 2.24) is 24.3 Å². The Balaban J connectivity index is 0.000000426. The van der Waals surface area contributed by atoms with Crippen LogP contribution < -0.4 is 5.32 Å². The number of para-hydroxylation sites is 1. The van der Waals surface area contributed by atoms with E-state index in [1.54, 1.807) is 31.1 Å². The van der Waals surface area contributed by atoms with Crippen molar-refractivity contribution >= 4 is 39.8 Å². The normalized spacial score (nSPS) is 13.2. The molecule has 0 spiro atoms. The van der Waals surface area contributed by atoms with Crippen molar-refractivity contribution in [3.8, 4) is 0 Å². The molecule has 3 heterocycles. The zero-order valence-electron chi connectivity index (χ0n) is 20.7. The third kappa shape index (κ3) is 5.63. The summed E-state index contributed by atoms with van der Waals surface area (Å²) in [4.78, 5) is 40.9. The van der Waals surface area contributed by atoms with E-state index in [-0.39, 0.29) is 11.9 Å². The van der Waals surface area contributed by atoms with Crippen molar-refractivity contribution in [1.29, 1.82) is 0 Å². The minimum absolute atomic E-state index is 0.240. The topological polar surface area (TPSA) is 109 Å². The van der Waals surface area contributed by atoms with Gasteiger partial charge in [-0.1, -0.05) is 24.3 Å². The summed E-state index contributed by atoms with van der Waals surface area (Å²) in [5.74, 6) is -2.38. The summed E-state index contributed by atoms with van der Waals surface area (Å²) in [7, 11) is 3.41. The molecule has 2 amide bonds. The first kappa shape index (κ1) is 26.7. The highest BCUT2D eigenvalue weighted by molar-refractivity contribution is 6.14. The van der Waals surface area contributed by atoms with Gasteiger partial charge >= 0.3 is 18.2 Å². The smallest absolute Gasteiger partial charge is 0.475 e. The zero-order valence-corrected chi connectivity index (χ0v) is 20.7. The number of rotatable bonds is 5. The molecular weight excluding hydrogens is 503 g/mol. The van der Waals surface area contributed by atoms with Crippen LogP contribution in [0.1, 0.15) is 28.9 Å². The predicted molar refractivity (Wildman–Crippen MR) is 134 cm³/mol. The van der Waals surface area contributed by atoms with Crippen molar-refractivity contribution in [2.24, 2.45) is 5.92 Å². The number of aromatic nitrogens is 3. The third-order valence-corrected chi connectivity index (χ3v) is 6.08. The number of nitrogens with one attached hydrogen (secondary N) is 1. The molecule has 0 bridgehead atoms. The van der Waals surface area contributed by atoms with Gasteiger partial charge < -0.3 is 19.9 Å². The lowest BCUT2D eigenvalue weighted by molar-refractivity contribution is -0.192. The number of carbonyl (C=O) groups excluding carboxylic acids is 2. The van der Waals surface area contributed by atoms with Gasteiger partial charge in [-0.25, -0.2) is 9.59 Å². The number of hydrogen-bond donors (Lipinski definition) is 2. The van der Waals surface area contributed by atoms with Crippen LogP contribution in [0.4, 0.5) is 18.0 Å². The summed E-state index contributed by atoms with van der Waals surface area (Å²) in [6.07, 6.45) is 0.786. The zero-order chi connectivity index (χ0) is 27.6. The Kier molecular flexibility index (Phi) is 7.42. The van der Waals surface area contributed by atoms with Gasteiger partial charge in [0.05, 0.1) is 16.6 Å². The molecule has 0 aliphatic heterocycles. The van der Waals surface area contributed by atoms with Gasteiger partial charge in [-0.2, -0.15) is 13.2 Å². The second-order valence-electron chi connectivity index (χ2n) is 9.19. The fourth-order valence-corrected chi connectivity index (χ4v) is 4.10. The molecule has 0 unspecified atom stereocenters. The Morgan fingerprint density at radius 1 is 1.11 bits per heavy atom. The Labute approximate surface area is 215 Å². The largest absolute Gasteiger partial charge is 0.490 e. The van der Waals surface area contributed by atoms with Crippen LogP contribution in [0, 0.1) is 5.92 Å². The van der Waals surface area contributed by atoms with Crippen LogP contribution in [0.5, 0.6) is 0 Å². The van der Waals surface area contributed by atoms with Crippen molar-refractivity contribution in [2.45, 2.75) is 32.1 Å². The van der Waals surface area contributed by atoms with Gasteiger partial charge in [0.15, 0.2) is 0 Å². The Hall–Kier alpha value is -4.35. The number of amides is 2. The standard InChI is InChI=1S/C24H25N5O2.C2HF3O2/c1-27(2)24(31)29-21(23(30)26-14-17-6-5-11-25-13-17)12-20-22(29)18-7-3-4-8-19(18)28(20)15-16-9-10-16;3-2(4,5)1(6)7/h3-8,11-13,16H,9-10,14-15H2,1-2H3,(H,26,30);(H,6,7). The summed E-state index contributed by atoms with van der Waals surface area (Å²) in [6, 6.07) is 13.5. The van der Waals surface area contributed by atoms with Gasteiger partial charge in [-0.05, 0) is 42.5 Å². The monoisotopic (exact) mass is 529 g/mol. The van der Waals surface area contributed by atoms with E-state index in [0.29, 0.717) is 18.2 Å². The maximum absolute atomic E-state index is 13.2. The van der Waals surface area contributed by atoms with Crippen molar-refractivity contribution in [3.05, 3.63) is 66.1 Å². The number of carboxylic acid groups (broad SMARTS) is 1. The molecule has 0 saturated heterocycles. The van der Waals surface area contributed by atoms with E-state index in [4.69, 9.17) is 9.90 Å². The highest BCUT2D eigenvalue weighted by Gasteiger charge is 2.38. The maximum Gasteiger partial charge on any atom is 0.490 e. The van der Waals surface area contributed by atoms with Crippen LogP contribution in [0.2, 0.25) is 0 Å². The number of alkyl halides is 3. The molecule has 1 aromatic carbocycles. The Morgan fingerprint density at radius 2 is 1.79 bits per heavy atom. The number of nitrogens with zero attached hydrogens (tertiary/aromatic N) is 4. The Morgan fingerprint density at radius 3 is 2.37 bits per heavy atom. The third-order valence-electron chi connectivity index (χ3n) is 6.08. The van der Waals surface area contributed by atoms with Crippen molar-refractivity contribution < 1.29 is 32.7 Å². The fourth-order valence-electron chi connectivity index (χ4n) is 4.10. The predicted octanol–water partition coefficient (Wildman–Crippen LogP) is 4.49. The second kappa shape index (κ2) is 10.6. The van der Waals surface area contributed by atoms with Gasteiger partial charge in [0.2, 0.25) is 0 Å². The van der Waals surface area contributed by atoms with Gasteiger partial charge in [0, 0.05) is 45.0 Å². The van der Waals surface area contributed by atoms with E-state index in [0.717, 1.165) is 34.0 Å². The number of carbonyl (C=O) groups is 3. The lowest BCUT2D eigenvalue weighted by Crippen LogP contribution is -2.32. The molecule has 9 nitrogen and oxygen atoms in total. The molecule has 5 rings (SSSR count). The van der Waals surface area contributed by atoms with Crippen LogP contribution in [0.15, 0.2) is 54.9 Å². The van der Waals surface area contributed by atoms with E-state index >= 15 is 0 Å². The van der Waals surface area contributed by atoms with Gasteiger partial charge in [-0.3, -0.25) is 14.3 Å². The number of carboxylic acids is 1. The van der Waals surface area contributed by atoms with E-state index in [1.807, 2.05) is 36.4 Å². The number of aliphatic carboxylic acids is 1. The average Bonchev–Trinajstić information content (AvgIpc) is 3.55. The number of benzene rings is 1. The number of pyridine rings is 1. The summed E-state index contributed by atoms with van der Waals surface area (Å²) < 4.78 is 35.6.